The van der Waals surface area contributed by atoms with Gasteiger partial charge in [-0.25, -0.2) is 4.98 Å². The molecule has 1 aliphatic carbocycles. The van der Waals surface area contributed by atoms with Gasteiger partial charge in [-0.2, -0.15) is 9.61 Å². The van der Waals surface area contributed by atoms with Crippen LogP contribution >= 0.6 is 11.3 Å². The van der Waals surface area contributed by atoms with Gasteiger partial charge in [0.05, 0.1) is 40.7 Å². The first-order valence-corrected chi connectivity index (χ1v) is 12.5. The molecule has 35 heavy (non-hydrogen) atoms. The lowest BCUT2D eigenvalue weighted by Gasteiger charge is -2.22. The maximum atomic E-state index is 13.1. The predicted molar refractivity (Wildman–Crippen MR) is 130 cm³/mol. The molecule has 3 aromatic rings. The number of nitrogens with zero attached hydrogens (tertiary/aromatic N) is 4. The van der Waals surface area contributed by atoms with Crippen LogP contribution in [0, 0.1) is 0 Å². The average Bonchev–Trinajstić information content (AvgIpc) is 3.24. The Morgan fingerprint density at radius 2 is 2.14 bits per heavy atom. The van der Waals surface area contributed by atoms with Crippen molar-refractivity contribution in [2.24, 2.45) is 0 Å². The van der Waals surface area contributed by atoms with Crippen molar-refractivity contribution in [2.45, 2.75) is 44.2 Å². The van der Waals surface area contributed by atoms with Gasteiger partial charge in [0.25, 0.3) is 11.8 Å². The Labute approximate surface area is 204 Å². The van der Waals surface area contributed by atoms with Gasteiger partial charge in [-0.05, 0) is 43.9 Å². The van der Waals surface area contributed by atoms with E-state index in [2.05, 4.69) is 15.7 Å². The van der Waals surface area contributed by atoms with Gasteiger partial charge in [0, 0.05) is 29.8 Å². The smallest absolute Gasteiger partial charge is 0.264 e. The minimum atomic E-state index is -0.397. The van der Waals surface area contributed by atoms with Crippen LogP contribution < -0.4 is 10.6 Å². The number of nitrogens with one attached hydrogen (secondary N) is 2. The summed E-state index contributed by atoms with van der Waals surface area (Å²) < 4.78 is 1.71. The number of carbonyl (C=O) groups is 3. The lowest BCUT2D eigenvalue weighted by molar-refractivity contribution is -0.124. The number of amides is 3. The fourth-order valence-electron chi connectivity index (χ4n) is 4.58. The standard InChI is InChI=1S/C24H24N6O4S/c31-12-16-2-1-7-29(16)24(34)19-6-5-18(35-19)17-10-20(26-15-3-4-15)30-22(27-17)14(11-25-30)8-13-9-21(32)28-23(13)33/h5-6,8,10-11,15-16,26,31H,1-4,7,9,12H2,(H,28,32,33)/b13-8+/t16-/m0/s1. The van der Waals surface area contributed by atoms with Crippen LogP contribution in [0.25, 0.3) is 22.3 Å². The quantitative estimate of drug-likeness (QED) is 0.355. The molecule has 0 unspecified atom stereocenters. The zero-order valence-corrected chi connectivity index (χ0v) is 19.7. The van der Waals surface area contributed by atoms with Crippen molar-refractivity contribution in [3.63, 3.8) is 0 Å². The summed E-state index contributed by atoms with van der Waals surface area (Å²) in [6, 6.07) is 5.87. The van der Waals surface area contributed by atoms with Gasteiger partial charge in [-0.1, -0.05) is 0 Å². The number of thiophene rings is 1. The predicted octanol–water partition coefficient (Wildman–Crippen LogP) is 2.06. The zero-order chi connectivity index (χ0) is 24.1. The third-order valence-electron chi connectivity index (χ3n) is 6.57. The molecule has 3 fully saturated rings. The number of aliphatic hydroxyl groups excluding tert-OH is 1. The van der Waals surface area contributed by atoms with E-state index in [1.54, 1.807) is 21.7 Å². The molecule has 5 heterocycles. The Bertz CT molecular complexity index is 1390. The molecule has 0 aromatic carbocycles. The highest BCUT2D eigenvalue weighted by atomic mass is 32.1. The molecule has 3 amide bonds. The second-order valence-corrected chi connectivity index (χ2v) is 10.2. The molecule has 3 aliphatic rings. The Morgan fingerprint density at radius 3 is 2.89 bits per heavy atom. The number of fused-ring (bicyclic) bond motifs is 1. The van der Waals surface area contributed by atoms with Gasteiger partial charge in [0.2, 0.25) is 5.91 Å². The number of aliphatic hydroxyl groups is 1. The summed E-state index contributed by atoms with van der Waals surface area (Å²) >= 11 is 1.37. The Balaban J connectivity index is 1.38. The monoisotopic (exact) mass is 492 g/mol. The molecule has 0 spiro atoms. The molecule has 1 saturated carbocycles. The average molecular weight is 493 g/mol. The topological polar surface area (TPSA) is 129 Å². The van der Waals surface area contributed by atoms with E-state index in [0.717, 1.165) is 36.4 Å². The SMILES string of the molecule is O=C1C/C(=C\c2cnn3c(NC4CC4)cc(-c4ccc(C(=O)N5CCC[C@H]5CO)s4)nc23)C(=O)N1. The number of hydrogen-bond donors (Lipinski definition) is 3. The largest absolute Gasteiger partial charge is 0.394 e. The van der Waals surface area contributed by atoms with Crippen molar-refractivity contribution in [1.82, 2.24) is 24.8 Å². The van der Waals surface area contributed by atoms with Crippen LogP contribution in [0.5, 0.6) is 0 Å². The van der Waals surface area contributed by atoms with Crippen molar-refractivity contribution >= 4 is 46.6 Å². The van der Waals surface area contributed by atoms with Crippen LogP contribution in [0.4, 0.5) is 5.82 Å². The molecule has 3 N–H and O–H groups in total. The molecule has 180 valence electrons. The van der Waals surface area contributed by atoms with Crippen molar-refractivity contribution in [3.05, 3.63) is 40.4 Å². The molecule has 2 aliphatic heterocycles. The van der Waals surface area contributed by atoms with Crippen molar-refractivity contribution in [3.8, 4) is 10.6 Å². The van der Waals surface area contributed by atoms with Crippen molar-refractivity contribution in [1.29, 1.82) is 0 Å². The maximum absolute atomic E-state index is 13.1. The van der Waals surface area contributed by atoms with Crippen LogP contribution in [0.15, 0.2) is 30.0 Å². The molecule has 6 rings (SSSR count). The molecule has 11 heteroatoms. The Kier molecular flexibility index (Phi) is 5.37. The maximum Gasteiger partial charge on any atom is 0.264 e. The molecule has 1 atom stereocenters. The minimum absolute atomic E-state index is 0.0263. The van der Waals surface area contributed by atoms with Crippen LogP contribution in [0.1, 0.15) is 47.3 Å². The minimum Gasteiger partial charge on any atom is -0.394 e. The van der Waals surface area contributed by atoms with Crippen LogP contribution in [0.3, 0.4) is 0 Å². The van der Waals surface area contributed by atoms with Crippen LogP contribution in [0.2, 0.25) is 0 Å². The summed E-state index contributed by atoms with van der Waals surface area (Å²) in [6.45, 7) is 0.627. The van der Waals surface area contributed by atoms with E-state index < -0.39 is 5.91 Å². The summed E-state index contributed by atoms with van der Waals surface area (Å²) in [5.74, 6) is -0.00168. The summed E-state index contributed by atoms with van der Waals surface area (Å²) in [6.07, 6.45) is 7.21. The highest BCUT2D eigenvalue weighted by Gasteiger charge is 2.30. The van der Waals surface area contributed by atoms with Crippen molar-refractivity contribution in [2.75, 3.05) is 18.5 Å². The molecular formula is C24H24N6O4S. The molecule has 3 aromatic heterocycles. The van der Waals surface area contributed by atoms with E-state index in [0.29, 0.717) is 39.9 Å². The zero-order valence-electron chi connectivity index (χ0n) is 18.9. The number of aromatic nitrogens is 3. The van der Waals surface area contributed by atoms with E-state index >= 15 is 0 Å². The first-order valence-electron chi connectivity index (χ1n) is 11.7. The number of anilines is 1. The molecule has 10 nitrogen and oxygen atoms in total. The molecule has 2 saturated heterocycles. The first kappa shape index (κ1) is 21.9. The highest BCUT2D eigenvalue weighted by molar-refractivity contribution is 7.17. The Hall–Kier alpha value is -3.57. The first-order chi connectivity index (χ1) is 17.0. The van der Waals surface area contributed by atoms with E-state index in [1.807, 2.05) is 18.2 Å². The number of hydrogen-bond acceptors (Lipinski definition) is 8. The highest BCUT2D eigenvalue weighted by Crippen LogP contribution is 2.33. The van der Waals surface area contributed by atoms with E-state index in [1.165, 1.54) is 11.3 Å². The number of rotatable bonds is 6. The van der Waals surface area contributed by atoms with Gasteiger partial charge < -0.3 is 15.3 Å². The van der Waals surface area contributed by atoms with Gasteiger partial charge in [0.1, 0.15) is 5.82 Å². The van der Waals surface area contributed by atoms with E-state index in [4.69, 9.17) is 4.98 Å². The fraction of sp³-hybridized carbons (Fsp3) is 0.375. The lowest BCUT2D eigenvalue weighted by atomic mass is 10.1. The Morgan fingerprint density at radius 1 is 1.29 bits per heavy atom. The summed E-state index contributed by atoms with van der Waals surface area (Å²) in [4.78, 5) is 44.8. The van der Waals surface area contributed by atoms with E-state index in [-0.39, 0.29) is 30.9 Å². The van der Waals surface area contributed by atoms with E-state index in [9.17, 15) is 19.5 Å². The second kappa shape index (κ2) is 8.58. The van der Waals surface area contributed by atoms with Crippen LogP contribution in [-0.4, -0.2) is 67.6 Å². The molecular weight excluding hydrogens is 468 g/mol. The number of likely N-dealkylation sites (tertiary alicyclic amines) is 1. The summed E-state index contributed by atoms with van der Waals surface area (Å²) in [5.41, 5.74) is 2.27. The number of carbonyl (C=O) groups excluding carboxylic acids is 3. The molecule has 0 radical (unpaired) electrons. The lowest BCUT2D eigenvalue weighted by Crippen LogP contribution is -2.37. The van der Waals surface area contributed by atoms with Gasteiger partial charge in [0.15, 0.2) is 5.65 Å². The normalized spacial score (nSPS) is 21.3. The van der Waals surface area contributed by atoms with Crippen molar-refractivity contribution < 1.29 is 19.5 Å². The second-order valence-electron chi connectivity index (χ2n) is 9.15. The van der Waals surface area contributed by atoms with Gasteiger partial charge >= 0.3 is 0 Å². The van der Waals surface area contributed by atoms with Gasteiger partial charge in [-0.3, -0.25) is 19.7 Å². The number of imide groups is 1. The third-order valence-corrected chi connectivity index (χ3v) is 7.67. The summed E-state index contributed by atoms with van der Waals surface area (Å²) in [7, 11) is 0. The van der Waals surface area contributed by atoms with Gasteiger partial charge in [-0.15, -0.1) is 11.3 Å². The van der Waals surface area contributed by atoms with Crippen LogP contribution in [-0.2, 0) is 9.59 Å². The molecule has 0 bridgehead atoms. The third kappa shape index (κ3) is 4.10. The fourth-order valence-corrected chi connectivity index (χ4v) is 5.50. The summed E-state index contributed by atoms with van der Waals surface area (Å²) in [5, 5.41) is 19.9.